The van der Waals surface area contributed by atoms with Crippen molar-refractivity contribution in [1.82, 2.24) is 0 Å². The highest BCUT2D eigenvalue weighted by molar-refractivity contribution is 8.00. The fourth-order valence-electron chi connectivity index (χ4n) is 14.6. The van der Waals surface area contributed by atoms with Crippen molar-refractivity contribution in [2.24, 2.45) is 30.0 Å². The van der Waals surface area contributed by atoms with Crippen molar-refractivity contribution in [2.75, 3.05) is 0 Å². The Labute approximate surface area is 831 Å². The van der Waals surface area contributed by atoms with Gasteiger partial charge in [-0.15, -0.1) is 70.6 Å². The molecule has 0 bridgehead atoms. The highest BCUT2D eigenvalue weighted by Crippen LogP contribution is 2.44. The van der Waals surface area contributed by atoms with E-state index < -0.39 is 3.25 Å². The van der Waals surface area contributed by atoms with Crippen LogP contribution >= 0.6 is 117 Å². The summed E-state index contributed by atoms with van der Waals surface area (Å²) in [6, 6.07) is 99.0. The molecule has 0 radical (unpaired) electrons. The van der Waals surface area contributed by atoms with Crippen LogP contribution in [0.3, 0.4) is 0 Å². The molecule has 0 spiro atoms. The van der Waals surface area contributed by atoms with E-state index in [1.165, 1.54) is 83.5 Å². The lowest BCUT2D eigenvalue weighted by Crippen LogP contribution is -2.00. The van der Waals surface area contributed by atoms with Crippen LogP contribution < -0.4 is 0 Å². The molecule has 0 aliphatic heterocycles. The zero-order chi connectivity index (χ0) is 95.0. The average molecular weight is 1960 g/mol. The number of alkyl halides is 4. The average Bonchev–Trinajstić information content (AvgIpc) is 0.809. The first-order valence-electron chi connectivity index (χ1n) is 43.0. The number of rotatable bonds is 30. The van der Waals surface area contributed by atoms with E-state index in [4.69, 9.17) is 76.4 Å². The van der Waals surface area contributed by atoms with Crippen LogP contribution in [-0.2, 0) is 34.5 Å². The van der Waals surface area contributed by atoms with Crippen LogP contribution in [0.5, 0.6) is 34.5 Å². The number of aliphatic imine (C=N–C) groups is 6. The van der Waals surface area contributed by atoms with Crippen molar-refractivity contribution in [3.8, 4) is 34.5 Å². The van der Waals surface area contributed by atoms with Crippen molar-refractivity contribution in [2.45, 2.75) is 129 Å². The number of benzene rings is 15. The summed E-state index contributed by atoms with van der Waals surface area (Å²) >= 11 is 30.0. The van der Waals surface area contributed by atoms with Gasteiger partial charge in [-0.25, -0.2) is 0 Å². The number of aromatic hydroxyl groups is 6. The van der Waals surface area contributed by atoms with E-state index in [1.54, 1.807) is 181 Å². The summed E-state index contributed by atoms with van der Waals surface area (Å²) in [7, 11) is 0. The van der Waals surface area contributed by atoms with E-state index in [0.29, 0.717) is 33.4 Å². The summed E-state index contributed by atoms with van der Waals surface area (Å²) in [6.45, 7) is 19.9. The van der Waals surface area contributed by atoms with Crippen molar-refractivity contribution < 1.29 is 30.6 Å². The zero-order valence-corrected chi connectivity index (χ0v) is 83.4. The molecule has 0 saturated carbocycles. The lowest BCUT2D eigenvalue weighted by Gasteiger charge is -2.18. The Morgan fingerprint density at radius 2 is 0.336 bits per heavy atom. The largest absolute Gasteiger partial charge is 0.507 e. The first-order valence-corrected chi connectivity index (χ1v) is 50.4. The van der Waals surface area contributed by atoms with Crippen LogP contribution in [0, 0.1) is 62.3 Å². The third kappa shape index (κ3) is 29.7. The Morgan fingerprint density at radius 3 is 0.478 bits per heavy atom. The van der Waals surface area contributed by atoms with Gasteiger partial charge >= 0.3 is 0 Å². The van der Waals surface area contributed by atoms with E-state index in [0.717, 1.165) is 98.0 Å². The lowest BCUT2D eigenvalue weighted by atomic mass is 9.95. The maximum Gasteiger partial charge on any atom is 0.266 e. The molecule has 15 aromatic rings. The number of phenolic OH excluding ortho intramolecular Hbond substituents is 6. The number of phenols is 6. The molecule has 0 saturated heterocycles. The molecule has 134 heavy (non-hydrogen) atoms. The molecule has 0 fully saturated rings. The molecule has 0 aliphatic rings. The molecule has 0 unspecified atom stereocenters. The molecular formula is C112H102Cl4N6O6S6. The van der Waals surface area contributed by atoms with Gasteiger partial charge in [-0.2, -0.15) is 0 Å². The molecule has 0 heterocycles. The number of nitrogens with zero attached hydrogens (tertiary/aromatic N) is 6. The topological polar surface area (TPSA) is 196 Å². The quantitative estimate of drug-likeness (QED) is 0.0142. The Bertz CT molecular complexity index is 5760. The summed E-state index contributed by atoms with van der Waals surface area (Å²) in [4.78, 5) is 34.8. The normalized spacial score (nSPS) is 11.5. The van der Waals surface area contributed by atoms with Gasteiger partial charge in [0.05, 0.1) is 34.1 Å². The predicted octanol–water partition coefficient (Wildman–Crippen LogP) is 32.9. The molecule has 15 aromatic carbocycles. The number of hydrogen-bond acceptors (Lipinski definition) is 18. The van der Waals surface area contributed by atoms with Gasteiger partial charge in [-0.3, -0.25) is 30.0 Å². The number of halogens is 4. The minimum absolute atomic E-state index is 0.220. The van der Waals surface area contributed by atoms with Crippen molar-refractivity contribution in [3.63, 3.8) is 0 Å². The molecule has 22 heteroatoms. The third-order valence-electron chi connectivity index (χ3n) is 22.0. The van der Waals surface area contributed by atoms with Crippen LogP contribution in [-0.4, -0.2) is 71.2 Å². The van der Waals surface area contributed by atoms with Crippen LogP contribution in [0.25, 0.3) is 0 Å². The molecule has 12 nitrogen and oxygen atoms in total. The standard InChI is InChI=1S/3C37H34N2O2S2.CCl4/c3*1-25-20-26(2)31(24-43-37-19-11-7-15-33(37)39-22-29-13-5-9-17-35(29)41)27(3)30(25)23-42-36-18-10-6-14-32(36)38-21-28-12-4-8-16-34(28)40;2-1(3,4)5/h3*4-22,40-41H,23-24H2,1-3H3;. The second kappa shape index (κ2) is 50.6. The van der Waals surface area contributed by atoms with Gasteiger partial charge in [0.2, 0.25) is 0 Å². The summed E-state index contributed by atoms with van der Waals surface area (Å²) in [5.74, 6) is 6.32. The lowest BCUT2D eigenvalue weighted by molar-refractivity contribution is 0.474. The van der Waals surface area contributed by atoms with Gasteiger partial charge in [0.15, 0.2) is 0 Å². The third-order valence-corrected chi connectivity index (χ3v) is 28.5. The second-order valence-corrected chi connectivity index (χ2v) is 40.7. The predicted molar refractivity (Wildman–Crippen MR) is 576 cm³/mol. The fraction of sp³-hybridized carbons (Fsp3) is 0.143. The van der Waals surface area contributed by atoms with Crippen molar-refractivity contribution in [1.29, 1.82) is 0 Å². The first-order chi connectivity index (χ1) is 64.7. The van der Waals surface area contributed by atoms with Crippen LogP contribution in [0.2, 0.25) is 0 Å². The zero-order valence-electron chi connectivity index (χ0n) is 75.5. The monoisotopic (exact) mass is 1960 g/mol. The highest BCUT2D eigenvalue weighted by atomic mass is 35.6. The van der Waals surface area contributed by atoms with E-state index in [2.05, 4.69) is 117 Å². The van der Waals surface area contributed by atoms with Crippen LogP contribution in [0.1, 0.15) is 117 Å². The van der Waals surface area contributed by atoms with E-state index in [-0.39, 0.29) is 34.5 Å². The van der Waals surface area contributed by atoms with Crippen molar-refractivity contribution >= 4 is 188 Å². The maximum atomic E-state index is 10.1. The highest BCUT2D eigenvalue weighted by Gasteiger charge is 2.20. The van der Waals surface area contributed by atoms with Gasteiger partial charge in [0, 0.05) is 135 Å². The van der Waals surface area contributed by atoms with Crippen molar-refractivity contribution in [3.05, 3.63) is 426 Å². The number of thioether (sulfide) groups is 6. The minimum atomic E-state index is -1.61. The molecule has 6 N–H and O–H groups in total. The minimum Gasteiger partial charge on any atom is -0.507 e. The van der Waals surface area contributed by atoms with Gasteiger partial charge < -0.3 is 30.6 Å². The van der Waals surface area contributed by atoms with Gasteiger partial charge in [-0.1, -0.05) is 210 Å². The number of para-hydroxylation sites is 12. The Balaban J connectivity index is 0.000000176. The van der Waals surface area contributed by atoms with E-state index in [1.807, 2.05) is 182 Å². The summed E-state index contributed by atoms with van der Waals surface area (Å²) in [5.41, 5.74) is 29.2. The Hall–Kier alpha value is -11.6. The second-order valence-electron chi connectivity index (χ2n) is 31.1. The van der Waals surface area contributed by atoms with Crippen LogP contribution in [0.15, 0.2) is 369 Å². The molecule has 0 aromatic heterocycles. The Kier molecular flexibility index (Phi) is 38.3. The van der Waals surface area contributed by atoms with Gasteiger partial charge in [0.25, 0.3) is 3.25 Å². The van der Waals surface area contributed by atoms with Gasteiger partial charge in [0.1, 0.15) is 34.5 Å². The maximum absolute atomic E-state index is 10.1. The van der Waals surface area contributed by atoms with E-state index >= 15 is 0 Å². The first kappa shape index (κ1) is 101. The van der Waals surface area contributed by atoms with Crippen LogP contribution in [0.4, 0.5) is 34.1 Å². The fourth-order valence-corrected chi connectivity index (χ4v) is 21.7. The smallest absolute Gasteiger partial charge is 0.266 e. The molecule has 15 rings (SSSR count). The number of aryl methyl sites for hydroxylation is 6. The summed E-state index contributed by atoms with van der Waals surface area (Å²) in [5, 5.41) is 60.7. The molecule has 0 aliphatic carbocycles. The Morgan fingerprint density at radius 1 is 0.209 bits per heavy atom. The van der Waals surface area contributed by atoms with E-state index in [9.17, 15) is 30.6 Å². The summed E-state index contributed by atoms with van der Waals surface area (Å²) < 4.78 is -1.61. The van der Waals surface area contributed by atoms with Gasteiger partial charge in [-0.05, 0) is 291 Å². The summed E-state index contributed by atoms with van der Waals surface area (Å²) in [6.07, 6.45) is 10.3. The molecule has 0 atom stereocenters. The molecule has 0 amide bonds. The number of hydrogen-bond donors (Lipinski definition) is 6. The SMILES string of the molecule is Cc1cc(C)c(CSc2ccccc2N=Cc2ccccc2O)c(C)c1CSc1ccccc1N=Cc1ccccc1O.Cc1cc(C)c(CSc2ccccc2N=Cc2ccccc2O)c(C)c1CSc1ccccc1N=Cc1ccccc1O.Cc1cc(C)c(CSc2ccccc2N=Cc2ccccc2O)c(C)c1CSc1ccccc1N=Cc1ccccc1O.ClC(Cl)(Cl)Cl. The molecule has 680 valence electrons. The molecular weight excluding hydrogens is 1860 g/mol.